The van der Waals surface area contributed by atoms with Gasteiger partial charge in [0.2, 0.25) is 0 Å². The first kappa shape index (κ1) is 14.2. The smallest absolute Gasteiger partial charge is 0.302 e. The molecule has 0 spiro atoms. The number of pyridine rings is 2. The Labute approximate surface area is 152 Å². The van der Waals surface area contributed by atoms with Crippen molar-refractivity contribution in [2.24, 2.45) is 0 Å². The number of ether oxygens (including phenoxy) is 1. The van der Waals surface area contributed by atoms with Gasteiger partial charge in [-0.2, -0.15) is 9.97 Å². The Morgan fingerprint density at radius 1 is 0.630 bits per heavy atom. The van der Waals surface area contributed by atoms with Crippen LogP contribution in [0.15, 0.2) is 60.9 Å². The quantitative estimate of drug-likeness (QED) is 0.484. The van der Waals surface area contributed by atoms with Crippen LogP contribution >= 0.6 is 0 Å². The van der Waals surface area contributed by atoms with E-state index in [2.05, 4.69) is 29.9 Å². The molecule has 6 aromatic rings. The van der Waals surface area contributed by atoms with Crippen molar-refractivity contribution in [1.29, 1.82) is 0 Å². The van der Waals surface area contributed by atoms with Crippen LogP contribution in [0.5, 0.6) is 12.0 Å². The van der Waals surface area contributed by atoms with Crippen molar-refractivity contribution in [3.05, 3.63) is 60.9 Å². The van der Waals surface area contributed by atoms with Crippen LogP contribution < -0.4 is 4.74 Å². The Bertz CT molecular complexity index is 1350. The summed E-state index contributed by atoms with van der Waals surface area (Å²) in [5.74, 6) is 0. The number of aromatic nitrogens is 6. The lowest BCUT2D eigenvalue weighted by atomic mass is 10.2. The van der Waals surface area contributed by atoms with Crippen LogP contribution in [0.3, 0.4) is 0 Å². The molecule has 0 aliphatic carbocycles. The van der Waals surface area contributed by atoms with Gasteiger partial charge in [-0.15, -0.1) is 0 Å². The molecule has 0 bridgehead atoms. The maximum absolute atomic E-state index is 5.86. The number of nitrogens with one attached hydrogen (secondary N) is 2. The summed E-state index contributed by atoms with van der Waals surface area (Å²) in [7, 11) is 0. The van der Waals surface area contributed by atoms with E-state index < -0.39 is 0 Å². The van der Waals surface area contributed by atoms with Crippen LogP contribution in [-0.2, 0) is 0 Å². The van der Waals surface area contributed by atoms with Gasteiger partial charge in [-0.25, -0.2) is 0 Å². The second-order valence-corrected chi connectivity index (χ2v) is 6.26. The summed E-state index contributed by atoms with van der Waals surface area (Å²) in [5, 5.41) is 2.09. The van der Waals surface area contributed by atoms with Crippen LogP contribution in [0.2, 0.25) is 0 Å². The monoisotopic (exact) mass is 352 g/mol. The molecule has 0 unspecified atom stereocenters. The van der Waals surface area contributed by atoms with Gasteiger partial charge in [-0.3, -0.25) is 9.97 Å². The lowest BCUT2D eigenvalue weighted by Crippen LogP contribution is -1.87. The highest BCUT2D eigenvalue weighted by atomic mass is 16.5. The number of hydrogen-bond donors (Lipinski definition) is 2. The molecule has 7 heteroatoms. The Morgan fingerprint density at radius 2 is 1.15 bits per heavy atom. The van der Waals surface area contributed by atoms with Crippen molar-refractivity contribution < 1.29 is 4.74 Å². The molecule has 2 aromatic carbocycles. The van der Waals surface area contributed by atoms with Crippen LogP contribution in [0.1, 0.15) is 0 Å². The van der Waals surface area contributed by atoms with E-state index >= 15 is 0 Å². The lowest BCUT2D eigenvalue weighted by Gasteiger charge is -1.96. The Hall–Kier alpha value is -4.00. The fraction of sp³-hybridized carbons (Fsp3) is 0. The lowest BCUT2D eigenvalue weighted by molar-refractivity contribution is 0.420. The minimum absolute atomic E-state index is 0.361. The summed E-state index contributed by atoms with van der Waals surface area (Å²) >= 11 is 0. The Balaban J connectivity index is 1.47. The number of aromatic amines is 2. The molecular formula is C20H12N6O. The van der Waals surface area contributed by atoms with Crippen molar-refractivity contribution in [2.75, 3.05) is 0 Å². The number of H-pyrrole nitrogens is 2. The number of hydrogen-bond acceptors (Lipinski definition) is 5. The maximum atomic E-state index is 5.86. The van der Waals surface area contributed by atoms with E-state index in [-0.39, 0.29) is 0 Å². The van der Waals surface area contributed by atoms with Gasteiger partial charge >= 0.3 is 12.0 Å². The highest BCUT2D eigenvalue weighted by Gasteiger charge is 2.12. The van der Waals surface area contributed by atoms with Crippen molar-refractivity contribution in [3.63, 3.8) is 0 Å². The number of rotatable bonds is 2. The Kier molecular flexibility index (Phi) is 2.76. The van der Waals surface area contributed by atoms with E-state index in [4.69, 9.17) is 4.74 Å². The fourth-order valence-electron chi connectivity index (χ4n) is 3.38. The van der Waals surface area contributed by atoms with Crippen LogP contribution in [0.4, 0.5) is 0 Å². The van der Waals surface area contributed by atoms with E-state index in [1.807, 2.05) is 48.5 Å². The molecule has 0 amide bonds. The Morgan fingerprint density at radius 3 is 1.67 bits per heavy atom. The zero-order valence-electron chi connectivity index (χ0n) is 14.0. The predicted molar refractivity (Wildman–Crippen MR) is 103 cm³/mol. The van der Waals surface area contributed by atoms with Crippen LogP contribution in [0.25, 0.3) is 43.9 Å². The average Bonchev–Trinajstić information content (AvgIpc) is 3.31. The van der Waals surface area contributed by atoms with Gasteiger partial charge in [0.25, 0.3) is 0 Å². The van der Waals surface area contributed by atoms with Crippen molar-refractivity contribution in [1.82, 2.24) is 29.9 Å². The highest BCUT2D eigenvalue weighted by molar-refractivity contribution is 6.02. The average molecular weight is 352 g/mol. The fourth-order valence-corrected chi connectivity index (χ4v) is 3.38. The predicted octanol–water partition coefficient (Wildman–Crippen LogP) is 4.33. The van der Waals surface area contributed by atoms with E-state index in [1.165, 1.54) is 0 Å². The molecular weight excluding hydrogens is 340 g/mol. The van der Waals surface area contributed by atoms with Crippen LogP contribution in [0, 0.1) is 0 Å². The summed E-state index contributed by atoms with van der Waals surface area (Å²) in [6.07, 6.45) is 3.53. The van der Waals surface area contributed by atoms with Crippen molar-refractivity contribution >= 4 is 43.9 Å². The summed E-state index contributed by atoms with van der Waals surface area (Å²) in [6.45, 7) is 0. The number of benzene rings is 2. The molecule has 0 saturated carbocycles. The number of fused-ring (bicyclic) bond motifs is 6. The van der Waals surface area contributed by atoms with Crippen LogP contribution in [-0.4, -0.2) is 29.9 Å². The molecule has 7 nitrogen and oxygen atoms in total. The molecule has 27 heavy (non-hydrogen) atoms. The molecule has 0 atom stereocenters. The van der Waals surface area contributed by atoms with Gasteiger partial charge in [0.1, 0.15) is 0 Å². The first-order valence-electron chi connectivity index (χ1n) is 8.50. The topological polar surface area (TPSA) is 92.4 Å². The second kappa shape index (κ2) is 5.25. The normalized spacial score (nSPS) is 11.7. The molecule has 0 radical (unpaired) electrons. The maximum Gasteiger partial charge on any atom is 0.302 e. The first-order chi connectivity index (χ1) is 13.3. The van der Waals surface area contributed by atoms with Gasteiger partial charge in [0, 0.05) is 23.2 Å². The van der Waals surface area contributed by atoms with E-state index in [1.54, 1.807) is 12.4 Å². The third-order valence-corrected chi connectivity index (χ3v) is 4.61. The van der Waals surface area contributed by atoms with Gasteiger partial charge in [-0.05, 0) is 24.3 Å². The number of imidazole rings is 2. The summed E-state index contributed by atoms with van der Waals surface area (Å²) in [5.41, 5.74) is 4.98. The molecule has 4 heterocycles. The highest BCUT2D eigenvalue weighted by Crippen LogP contribution is 2.28. The molecule has 4 aromatic heterocycles. The number of nitrogens with zero attached hydrogens (tertiary/aromatic N) is 4. The minimum atomic E-state index is 0.361. The molecule has 2 N–H and O–H groups in total. The molecule has 6 rings (SSSR count). The SMILES string of the molecule is c1cnc2c(c1)ccc1nc(Oc3nc4ccc5cccnc5c4[nH]3)[nH]c12. The molecule has 0 aliphatic rings. The third kappa shape index (κ3) is 2.15. The van der Waals surface area contributed by atoms with E-state index in [0.717, 1.165) is 43.9 Å². The van der Waals surface area contributed by atoms with Gasteiger partial charge < -0.3 is 14.7 Å². The van der Waals surface area contributed by atoms with E-state index in [0.29, 0.717) is 12.0 Å². The summed E-state index contributed by atoms with van der Waals surface area (Å²) < 4.78 is 5.86. The minimum Gasteiger partial charge on any atom is -0.391 e. The first-order valence-corrected chi connectivity index (χ1v) is 8.50. The zero-order chi connectivity index (χ0) is 17.8. The second-order valence-electron chi connectivity index (χ2n) is 6.26. The van der Waals surface area contributed by atoms with Crippen molar-refractivity contribution in [3.8, 4) is 12.0 Å². The summed E-state index contributed by atoms with van der Waals surface area (Å²) in [6, 6.07) is 16.4. The van der Waals surface area contributed by atoms with E-state index in [9.17, 15) is 0 Å². The molecule has 128 valence electrons. The molecule has 0 saturated heterocycles. The standard InChI is InChI=1S/C20H12N6O/c1-3-11-5-7-13-17(15(11)21-9-1)25-19(23-13)27-20-24-14-8-6-12-4-2-10-22-16(12)18(14)26-20/h1-10H,(H,23,25)(H,24,26). The van der Waals surface area contributed by atoms with Gasteiger partial charge in [0.15, 0.2) is 0 Å². The molecule has 0 aliphatic heterocycles. The summed E-state index contributed by atoms with van der Waals surface area (Å²) in [4.78, 5) is 24.3. The van der Waals surface area contributed by atoms with Gasteiger partial charge in [-0.1, -0.05) is 24.3 Å². The largest absolute Gasteiger partial charge is 0.391 e. The molecule has 0 fully saturated rings. The third-order valence-electron chi connectivity index (χ3n) is 4.61. The van der Waals surface area contributed by atoms with Crippen molar-refractivity contribution in [2.45, 2.75) is 0 Å². The zero-order valence-corrected chi connectivity index (χ0v) is 14.0. The van der Waals surface area contributed by atoms with Gasteiger partial charge in [0.05, 0.1) is 33.1 Å².